The van der Waals surface area contributed by atoms with Crippen LogP contribution in [0.5, 0.6) is 0 Å². The predicted molar refractivity (Wildman–Crippen MR) is 116 cm³/mol. The van der Waals surface area contributed by atoms with Crippen molar-refractivity contribution in [3.05, 3.63) is 24.3 Å². The maximum atomic E-state index is 12.5. The first kappa shape index (κ1) is 22.7. The highest BCUT2D eigenvalue weighted by molar-refractivity contribution is 7.89. The van der Waals surface area contributed by atoms with E-state index < -0.39 is 10.0 Å². The number of anilines is 1. The van der Waals surface area contributed by atoms with E-state index in [2.05, 4.69) is 15.4 Å². The van der Waals surface area contributed by atoms with E-state index in [1.165, 1.54) is 38.3 Å². The Morgan fingerprint density at radius 1 is 0.933 bits per heavy atom. The van der Waals surface area contributed by atoms with Crippen LogP contribution in [0.4, 0.5) is 5.69 Å². The van der Waals surface area contributed by atoms with E-state index in [0.29, 0.717) is 18.3 Å². The van der Waals surface area contributed by atoms with Crippen LogP contribution in [-0.2, 0) is 19.6 Å². The van der Waals surface area contributed by atoms with Crippen LogP contribution in [0.3, 0.4) is 0 Å². The number of amides is 2. The summed E-state index contributed by atoms with van der Waals surface area (Å²) in [5.41, 5.74) is 0.561. The number of benzene rings is 1. The van der Waals surface area contributed by atoms with Gasteiger partial charge in [-0.2, -0.15) is 0 Å². The van der Waals surface area contributed by atoms with Gasteiger partial charge in [0.1, 0.15) is 0 Å². The first-order chi connectivity index (χ1) is 14.3. The Bertz CT molecular complexity index is 824. The van der Waals surface area contributed by atoms with Crippen molar-refractivity contribution in [3.8, 4) is 0 Å². The smallest absolute Gasteiger partial charge is 0.240 e. The summed E-state index contributed by atoms with van der Waals surface area (Å²) in [5, 5.41) is 5.84. The van der Waals surface area contributed by atoms with Gasteiger partial charge >= 0.3 is 0 Å². The summed E-state index contributed by atoms with van der Waals surface area (Å²) in [5.74, 6) is 0.283. The number of rotatable bonds is 7. The lowest BCUT2D eigenvalue weighted by Crippen LogP contribution is -2.41. The molecule has 2 saturated carbocycles. The second-order valence-electron chi connectivity index (χ2n) is 8.62. The van der Waals surface area contributed by atoms with Crippen molar-refractivity contribution in [2.75, 3.05) is 11.9 Å². The summed E-state index contributed by atoms with van der Waals surface area (Å²) in [6.07, 6.45) is 9.20. The molecule has 30 heavy (non-hydrogen) atoms. The molecule has 3 N–H and O–H groups in total. The molecule has 8 heteroatoms. The number of nitrogens with one attached hydrogen (secondary N) is 3. The van der Waals surface area contributed by atoms with E-state index in [9.17, 15) is 18.0 Å². The summed E-state index contributed by atoms with van der Waals surface area (Å²) in [6, 6.07) is 6.46. The van der Waals surface area contributed by atoms with Gasteiger partial charge in [0.2, 0.25) is 21.8 Å². The minimum absolute atomic E-state index is 0.0566. The molecule has 1 aromatic rings. The van der Waals surface area contributed by atoms with Crippen LogP contribution in [0.25, 0.3) is 0 Å². The van der Waals surface area contributed by atoms with Gasteiger partial charge in [-0.05, 0) is 68.7 Å². The molecule has 0 atom stereocenters. The Morgan fingerprint density at radius 3 is 2.17 bits per heavy atom. The van der Waals surface area contributed by atoms with Crippen molar-refractivity contribution in [2.24, 2.45) is 11.8 Å². The van der Waals surface area contributed by atoms with Crippen LogP contribution in [-0.4, -0.2) is 32.8 Å². The molecule has 0 radical (unpaired) electrons. The van der Waals surface area contributed by atoms with Gasteiger partial charge in [-0.3, -0.25) is 9.59 Å². The Hall–Kier alpha value is -1.93. The highest BCUT2D eigenvalue weighted by Gasteiger charge is 2.28. The number of carbonyl (C=O) groups is 2. The van der Waals surface area contributed by atoms with Crippen molar-refractivity contribution in [3.63, 3.8) is 0 Å². The maximum Gasteiger partial charge on any atom is 0.240 e. The SMILES string of the molecule is CC(=O)Nc1ccc(S(=O)(=O)NCC2CCC(C(=O)NC3CCCCC3)CC2)cc1. The van der Waals surface area contributed by atoms with Gasteiger partial charge in [0, 0.05) is 31.1 Å². The lowest BCUT2D eigenvalue weighted by Gasteiger charge is -2.30. The van der Waals surface area contributed by atoms with E-state index >= 15 is 0 Å². The normalized spacial score (nSPS) is 23.0. The average Bonchev–Trinajstić information content (AvgIpc) is 2.73. The van der Waals surface area contributed by atoms with Crippen LogP contribution in [0.1, 0.15) is 64.7 Å². The molecule has 1 aromatic carbocycles. The van der Waals surface area contributed by atoms with Gasteiger partial charge in [-0.15, -0.1) is 0 Å². The third kappa shape index (κ3) is 6.54. The summed E-state index contributed by atoms with van der Waals surface area (Å²) in [7, 11) is -3.60. The van der Waals surface area contributed by atoms with Crippen molar-refractivity contribution in [1.82, 2.24) is 10.0 Å². The molecule has 2 fully saturated rings. The molecule has 3 rings (SSSR count). The van der Waals surface area contributed by atoms with Crippen LogP contribution in [0.15, 0.2) is 29.2 Å². The molecule has 166 valence electrons. The molecule has 7 nitrogen and oxygen atoms in total. The quantitative estimate of drug-likeness (QED) is 0.612. The van der Waals surface area contributed by atoms with E-state index in [4.69, 9.17) is 0 Å². The number of sulfonamides is 1. The van der Waals surface area contributed by atoms with E-state index in [1.54, 1.807) is 12.1 Å². The van der Waals surface area contributed by atoms with E-state index in [0.717, 1.165) is 38.5 Å². The van der Waals surface area contributed by atoms with Gasteiger partial charge < -0.3 is 10.6 Å². The molecule has 0 heterocycles. The van der Waals surface area contributed by atoms with Gasteiger partial charge in [-0.1, -0.05) is 19.3 Å². The fraction of sp³-hybridized carbons (Fsp3) is 0.636. The van der Waals surface area contributed by atoms with Gasteiger partial charge in [0.15, 0.2) is 0 Å². The number of carbonyl (C=O) groups excluding carboxylic acids is 2. The molecule has 0 spiro atoms. The first-order valence-corrected chi connectivity index (χ1v) is 12.5. The second kappa shape index (κ2) is 10.4. The van der Waals surface area contributed by atoms with Gasteiger partial charge in [0.25, 0.3) is 0 Å². The Kier molecular flexibility index (Phi) is 7.88. The largest absolute Gasteiger partial charge is 0.353 e. The zero-order valence-electron chi connectivity index (χ0n) is 17.7. The van der Waals surface area contributed by atoms with Crippen molar-refractivity contribution in [2.45, 2.75) is 75.6 Å². The van der Waals surface area contributed by atoms with Crippen molar-refractivity contribution >= 4 is 27.5 Å². The van der Waals surface area contributed by atoms with Gasteiger partial charge in [0.05, 0.1) is 4.90 Å². The lowest BCUT2D eigenvalue weighted by molar-refractivity contribution is -0.127. The second-order valence-corrected chi connectivity index (χ2v) is 10.4. The maximum absolute atomic E-state index is 12.5. The molecule has 0 unspecified atom stereocenters. The van der Waals surface area contributed by atoms with E-state index in [-0.39, 0.29) is 28.5 Å². The molecule has 2 aliphatic rings. The molecule has 2 amide bonds. The minimum Gasteiger partial charge on any atom is -0.353 e. The highest BCUT2D eigenvalue weighted by Crippen LogP contribution is 2.29. The summed E-state index contributed by atoms with van der Waals surface area (Å²) in [4.78, 5) is 23.8. The summed E-state index contributed by atoms with van der Waals surface area (Å²) < 4.78 is 27.8. The topological polar surface area (TPSA) is 104 Å². The molecule has 2 aliphatic carbocycles. The van der Waals surface area contributed by atoms with Crippen LogP contribution < -0.4 is 15.4 Å². The average molecular weight is 436 g/mol. The summed E-state index contributed by atoms with van der Waals surface area (Å²) in [6.45, 7) is 1.79. The molecule has 0 aromatic heterocycles. The molecule has 0 saturated heterocycles. The Balaban J connectivity index is 1.43. The molecule has 0 aliphatic heterocycles. The van der Waals surface area contributed by atoms with Crippen molar-refractivity contribution in [1.29, 1.82) is 0 Å². The summed E-state index contributed by atoms with van der Waals surface area (Å²) >= 11 is 0. The molecular weight excluding hydrogens is 402 g/mol. The highest BCUT2D eigenvalue weighted by atomic mass is 32.2. The Labute approximate surface area is 179 Å². The van der Waals surface area contributed by atoms with Crippen LogP contribution >= 0.6 is 0 Å². The van der Waals surface area contributed by atoms with E-state index in [1.807, 2.05) is 0 Å². The fourth-order valence-corrected chi connectivity index (χ4v) is 5.54. The molecular formula is C22H33N3O4S. The number of hydrogen-bond acceptors (Lipinski definition) is 4. The fourth-order valence-electron chi connectivity index (χ4n) is 4.43. The third-order valence-electron chi connectivity index (χ3n) is 6.22. The third-order valence-corrected chi connectivity index (χ3v) is 7.66. The van der Waals surface area contributed by atoms with Crippen LogP contribution in [0, 0.1) is 11.8 Å². The van der Waals surface area contributed by atoms with Gasteiger partial charge in [-0.25, -0.2) is 13.1 Å². The van der Waals surface area contributed by atoms with Crippen molar-refractivity contribution < 1.29 is 18.0 Å². The minimum atomic E-state index is -3.60. The standard InChI is InChI=1S/C22H33N3O4S/c1-16(26)24-20-11-13-21(14-12-20)30(28,29)23-15-17-7-9-18(10-8-17)22(27)25-19-5-3-2-4-6-19/h11-14,17-19,23H,2-10,15H2,1H3,(H,24,26)(H,25,27). The van der Waals surface area contributed by atoms with Crippen LogP contribution in [0.2, 0.25) is 0 Å². The lowest BCUT2D eigenvalue weighted by atomic mass is 9.81. The Morgan fingerprint density at radius 2 is 1.57 bits per heavy atom. The first-order valence-electron chi connectivity index (χ1n) is 11.0. The molecule has 0 bridgehead atoms. The monoisotopic (exact) mass is 435 g/mol. The zero-order valence-corrected chi connectivity index (χ0v) is 18.5. The zero-order chi connectivity index (χ0) is 21.6. The number of hydrogen-bond donors (Lipinski definition) is 3. The predicted octanol–water partition coefficient (Wildman–Crippen LogP) is 3.18.